The number of aromatic nitrogens is 1. The van der Waals surface area contributed by atoms with E-state index in [9.17, 15) is 0 Å². The lowest BCUT2D eigenvalue weighted by molar-refractivity contribution is 1.24. The van der Waals surface area contributed by atoms with Gasteiger partial charge in [-0.25, -0.2) is 0 Å². The first-order valence-corrected chi connectivity index (χ1v) is 4.25. The van der Waals surface area contributed by atoms with E-state index >= 15 is 0 Å². The van der Waals surface area contributed by atoms with E-state index in [-0.39, 0.29) is 0 Å². The first kappa shape index (κ1) is 9.27. The van der Waals surface area contributed by atoms with Crippen LogP contribution in [-0.4, -0.2) is 4.98 Å². The second kappa shape index (κ2) is 3.72. The molecule has 0 N–H and O–H groups in total. The van der Waals surface area contributed by atoms with Crippen LogP contribution >= 0.6 is 11.6 Å². The van der Waals surface area contributed by atoms with Crippen LogP contribution in [0.5, 0.6) is 0 Å². The van der Waals surface area contributed by atoms with E-state index in [1.807, 2.05) is 13.0 Å². The Bertz CT molecular complexity index is 311. The minimum Gasteiger partial charge on any atom is -0.257 e. The molecule has 0 aromatic carbocycles. The maximum Gasteiger partial charge on any atom is 0.0672 e. The van der Waals surface area contributed by atoms with Crippen molar-refractivity contribution in [2.75, 3.05) is 0 Å². The first-order chi connectivity index (χ1) is 5.61. The van der Waals surface area contributed by atoms with Gasteiger partial charge in [0, 0.05) is 11.2 Å². The molecular weight excluding hydrogens is 170 g/mol. The van der Waals surface area contributed by atoms with Gasteiger partial charge in [-0.05, 0) is 38.5 Å². The highest BCUT2D eigenvalue weighted by Crippen LogP contribution is 2.18. The van der Waals surface area contributed by atoms with Crippen LogP contribution in [0.3, 0.4) is 0 Å². The Labute approximate surface area is 78.1 Å². The molecule has 1 aromatic heterocycles. The van der Waals surface area contributed by atoms with Crippen LogP contribution < -0.4 is 0 Å². The molecule has 0 saturated heterocycles. The summed E-state index contributed by atoms with van der Waals surface area (Å²) < 4.78 is 0. The molecule has 0 fully saturated rings. The van der Waals surface area contributed by atoms with Gasteiger partial charge < -0.3 is 0 Å². The van der Waals surface area contributed by atoms with Gasteiger partial charge in [-0.15, -0.1) is 0 Å². The number of rotatable bonds is 1. The molecular formula is C10H12ClN. The lowest BCUT2D eigenvalue weighted by atomic mass is 10.1. The van der Waals surface area contributed by atoms with Gasteiger partial charge in [-0.2, -0.15) is 0 Å². The molecule has 0 unspecified atom stereocenters. The van der Waals surface area contributed by atoms with Crippen molar-refractivity contribution in [2.24, 2.45) is 0 Å². The van der Waals surface area contributed by atoms with Crippen LogP contribution in [0.4, 0.5) is 0 Å². The summed E-state index contributed by atoms with van der Waals surface area (Å²) in [6.45, 7) is 6.18. The predicted octanol–water partition coefficient (Wildman–Crippen LogP) is 3.55. The summed E-state index contributed by atoms with van der Waals surface area (Å²) in [5.41, 5.74) is 3.42. The molecule has 1 rings (SSSR count). The number of nitrogens with zero attached hydrogens (tertiary/aromatic N) is 1. The Hall–Kier alpha value is -0.820. The second-order valence-electron chi connectivity index (χ2n) is 2.98. The Kier molecular flexibility index (Phi) is 2.88. The smallest absolute Gasteiger partial charge is 0.0672 e. The Balaban J connectivity index is 3.13. The predicted molar refractivity (Wildman–Crippen MR) is 53.2 cm³/mol. The Morgan fingerprint density at radius 1 is 1.33 bits per heavy atom. The third-order valence-corrected chi connectivity index (χ3v) is 2.09. The molecule has 64 valence electrons. The monoisotopic (exact) mass is 181 g/mol. The van der Waals surface area contributed by atoms with E-state index in [0.717, 1.165) is 10.7 Å². The van der Waals surface area contributed by atoms with Crippen molar-refractivity contribution in [3.8, 4) is 0 Å². The summed E-state index contributed by atoms with van der Waals surface area (Å²) in [5, 5.41) is 0.737. The summed E-state index contributed by atoms with van der Waals surface area (Å²) in [6, 6.07) is 3.66. The number of pyridine rings is 1. The molecule has 0 amide bonds. The highest BCUT2D eigenvalue weighted by molar-refractivity contribution is 6.30. The third kappa shape index (κ3) is 2.08. The molecule has 1 heterocycles. The van der Waals surface area contributed by atoms with Crippen molar-refractivity contribution in [1.29, 1.82) is 0 Å². The molecule has 0 aliphatic carbocycles. The fourth-order valence-electron chi connectivity index (χ4n) is 0.866. The first-order valence-electron chi connectivity index (χ1n) is 3.87. The fraction of sp³-hybridized carbons (Fsp3) is 0.300. The highest BCUT2D eigenvalue weighted by atomic mass is 35.5. The molecule has 0 saturated carbocycles. The maximum absolute atomic E-state index is 5.83. The molecule has 1 aromatic rings. The summed E-state index contributed by atoms with van der Waals surface area (Å²) >= 11 is 5.83. The molecule has 1 nitrogen and oxygen atoms in total. The molecule has 0 aliphatic heterocycles. The van der Waals surface area contributed by atoms with Crippen molar-refractivity contribution in [3.05, 3.63) is 34.6 Å². The molecule has 0 atom stereocenters. The van der Waals surface area contributed by atoms with E-state index < -0.39 is 0 Å². The minimum absolute atomic E-state index is 0.737. The highest BCUT2D eigenvalue weighted by Gasteiger charge is 1.98. The Morgan fingerprint density at radius 2 is 2.00 bits per heavy atom. The van der Waals surface area contributed by atoms with Crippen LogP contribution in [0, 0.1) is 0 Å². The number of hydrogen-bond donors (Lipinski definition) is 0. The molecule has 0 bridgehead atoms. The van der Waals surface area contributed by atoms with Crippen LogP contribution in [0.1, 0.15) is 26.5 Å². The van der Waals surface area contributed by atoms with E-state index in [2.05, 4.69) is 18.8 Å². The van der Waals surface area contributed by atoms with Gasteiger partial charge in [-0.3, -0.25) is 4.98 Å². The second-order valence-corrected chi connectivity index (χ2v) is 3.42. The van der Waals surface area contributed by atoms with Crippen molar-refractivity contribution < 1.29 is 0 Å². The maximum atomic E-state index is 5.83. The molecule has 0 spiro atoms. The topological polar surface area (TPSA) is 12.9 Å². The van der Waals surface area contributed by atoms with Crippen LogP contribution in [0.2, 0.25) is 5.02 Å². The Morgan fingerprint density at radius 3 is 2.50 bits per heavy atom. The van der Waals surface area contributed by atoms with E-state index in [4.69, 9.17) is 11.6 Å². The SMILES string of the molecule is CC(C)=C(C)c1cc(Cl)ccn1. The van der Waals surface area contributed by atoms with Gasteiger partial charge in [0.05, 0.1) is 5.69 Å². The number of allylic oxidation sites excluding steroid dienone is 2. The van der Waals surface area contributed by atoms with Crippen molar-refractivity contribution in [2.45, 2.75) is 20.8 Å². The van der Waals surface area contributed by atoms with E-state index in [1.165, 1.54) is 11.1 Å². The number of hydrogen-bond acceptors (Lipinski definition) is 1. The van der Waals surface area contributed by atoms with Gasteiger partial charge >= 0.3 is 0 Å². The van der Waals surface area contributed by atoms with Crippen molar-refractivity contribution in [1.82, 2.24) is 4.98 Å². The normalized spacial score (nSPS) is 9.67. The van der Waals surface area contributed by atoms with Gasteiger partial charge in [-0.1, -0.05) is 17.2 Å². The summed E-state index contributed by atoms with van der Waals surface area (Å²) in [4.78, 5) is 4.22. The quantitative estimate of drug-likeness (QED) is 0.646. The van der Waals surface area contributed by atoms with Crippen LogP contribution in [-0.2, 0) is 0 Å². The minimum atomic E-state index is 0.737. The van der Waals surface area contributed by atoms with Gasteiger partial charge in [0.15, 0.2) is 0 Å². The lowest BCUT2D eigenvalue weighted by Gasteiger charge is -2.02. The molecule has 0 radical (unpaired) electrons. The van der Waals surface area contributed by atoms with E-state index in [1.54, 1.807) is 12.3 Å². The average Bonchev–Trinajstić information content (AvgIpc) is 2.03. The summed E-state index contributed by atoms with van der Waals surface area (Å²) in [6.07, 6.45) is 1.73. The lowest BCUT2D eigenvalue weighted by Crippen LogP contribution is -1.86. The van der Waals surface area contributed by atoms with Crippen molar-refractivity contribution in [3.63, 3.8) is 0 Å². The van der Waals surface area contributed by atoms with Gasteiger partial charge in [0.25, 0.3) is 0 Å². The van der Waals surface area contributed by atoms with E-state index in [0.29, 0.717) is 0 Å². The van der Waals surface area contributed by atoms with Gasteiger partial charge in [0.2, 0.25) is 0 Å². The van der Waals surface area contributed by atoms with Crippen LogP contribution in [0.25, 0.3) is 5.57 Å². The standard InChI is InChI=1S/C10H12ClN/c1-7(2)8(3)10-6-9(11)4-5-12-10/h4-6H,1-3H3. The van der Waals surface area contributed by atoms with Crippen molar-refractivity contribution >= 4 is 17.2 Å². The average molecular weight is 182 g/mol. The molecule has 12 heavy (non-hydrogen) atoms. The van der Waals surface area contributed by atoms with Crippen LogP contribution in [0.15, 0.2) is 23.9 Å². The number of halogens is 1. The molecule has 2 heteroatoms. The zero-order valence-corrected chi connectivity index (χ0v) is 8.31. The zero-order chi connectivity index (χ0) is 9.14. The van der Waals surface area contributed by atoms with Gasteiger partial charge in [0.1, 0.15) is 0 Å². The summed E-state index contributed by atoms with van der Waals surface area (Å²) in [7, 11) is 0. The molecule has 0 aliphatic rings. The largest absolute Gasteiger partial charge is 0.257 e. The zero-order valence-electron chi connectivity index (χ0n) is 7.56. The fourth-order valence-corrected chi connectivity index (χ4v) is 1.03. The third-order valence-electron chi connectivity index (χ3n) is 1.86. The summed E-state index contributed by atoms with van der Waals surface area (Å²) in [5.74, 6) is 0.